The molecule has 3 heterocycles. The Hall–Kier alpha value is -2.46. The van der Waals surface area contributed by atoms with Crippen LogP contribution >= 0.6 is 0 Å². The van der Waals surface area contributed by atoms with Gasteiger partial charge in [0, 0.05) is 54.1 Å². The molecule has 4 heteroatoms. The van der Waals surface area contributed by atoms with E-state index in [2.05, 4.69) is 40.8 Å². The number of fused-ring (bicyclic) bond motifs is 6. The van der Waals surface area contributed by atoms with E-state index < -0.39 is 0 Å². The summed E-state index contributed by atoms with van der Waals surface area (Å²) in [6, 6.07) is 15.7. The van der Waals surface area contributed by atoms with Crippen molar-refractivity contribution in [3.8, 4) is 0 Å². The van der Waals surface area contributed by atoms with Crippen LogP contribution in [-0.4, -0.2) is 27.8 Å². The molecule has 0 amide bonds. The number of carbonyl (C=O) groups excluding carboxylic acids is 1. The smallest absolute Gasteiger partial charge is 0.162 e. The van der Waals surface area contributed by atoms with E-state index in [1.165, 1.54) is 47.1 Å². The van der Waals surface area contributed by atoms with Crippen molar-refractivity contribution in [2.75, 3.05) is 6.54 Å². The maximum absolute atomic E-state index is 13.1. The van der Waals surface area contributed by atoms with Gasteiger partial charge in [-0.05, 0) is 61.7 Å². The lowest BCUT2D eigenvalue weighted by atomic mass is 9.96. The summed E-state index contributed by atoms with van der Waals surface area (Å²) in [5.74, 6) is -0.192. The second-order valence-electron chi connectivity index (χ2n) is 8.16. The van der Waals surface area contributed by atoms with E-state index >= 15 is 0 Å². The molecule has 2 unspecified atom stereocenters. The van der Waals surface area contributed by atoms with Crippen molar-refractivity contribution in [1.29, 1.82) is 0 Å². The molecule has 2 aliphatic heterocycles. The number of halogens is 1. The highest BCUT2D eigenvalue weighted by Gasteiger charge is 2.41. The van der Waals surface area contributed by atoms with Crippen LogP contribution < -0.4 is 0 Å². The van der Waals surface area contributed by atoms with Crippen molar-refractivity contribution in [2.45, 2.75) is 44.2 Å². The van der Waals surface area contributed by atoms with Crippen molar-refractivity contribution < 1.29 is 9.18 Å². The predicted molar refractivity (Wildman–Crippen MR) is 109 cm³/mol. The summed E-state index contributed by atoms with van der Waals surface area (Å²) in [6.45, 7) is 0.949. The lowest BCUT2D eigenvalue weighted by Gasteiger charge is -2.35. The first kappa shape index (κ1) is 17.6. The summed E-state index contributed by atoms with van der Waals surface area (Å²) < 4.78 is 15.4. The molecule has 1 aromatic heterocycles. The highest BCUT2D eigenvalue weighted by molar-refractivity contribution is 5.96. The Bertz CT molecular complexity index is 1040. The van der Waals surface area contributed by atoms with Gasteiger partial charge in [-0.3, -0.25) is 9.69 Å². The van der Waals surface area contributed by atoms with Crippen LogP contribution in [0.5, 0.6) is 0 Å². The van der Waals surface area contributed by atoms with Gasteiger partial charge in [0.25, 0.3) is 0 Å². The molecule has 28 heavy (non-hydrogen) atoms. The first-order valence-electron chi connectivity index (χ1n) is 10.2. The van der Waals surface area contributed by atoms with Gasteiger partial charge in [-0.25, -0.2) is 4.39 Å². The molecular weight excluding hydrogens is 351 g/mol. The minimum Gasteiger partial charge on any atom is -0.347 e. The van der Waals surface area contributed by atoms with Gasteiger partial charge in [0.05, 0.1) is 0 Å². The van der Waals surface area contributed by atoms with E-state index in [-0.39, 0.29) is 11.6 Å². The van der Waals surface area contributed by atoms with E-state index in [0.717, 1.165) is 19.4 Å². The minimum atomic E-state index is -0.299. The Morgan fingerprint density at radius 1 is 1.11 bits per heavy atom. The zero-order valence-electron chi connectivity index (χ0n) is 16.2. The molecule has 3 nitrogen and oxygen atoms in total. The minimum absolute atomic E-state index is 0.107. The molecule has 3 aromatic rings. The predicted octanol–water partition coefficient (Wildman–Crippen LogP) is 5.04. The third kappa shape index (κ3) is 2.78. The largest absolute Gasteiger partial charge is 0.347 e. The number of hydrogen-bond donors (Lipinski definition) is 0. The Morgan fingerprint density at radius 2 is 1.89 bits per heavy atom. The van der Waals surface area contributed by atoms with Crippen LogP contribution in [-0.2, 0) is 13.5 Å². The fraction of sp³-hybridized carbons (Fsp3) is 0.375. The summed E-state index contributed by atoms with van der Waals surface area (Å²) in [4.78, 5) is 15.0. The van der Waals surface area contributed by atoms with Crippen LogP contribution in [0.3, 0.4) is 0 Å². The highest BCUT2D eigenvalue weighted by atomic mass is 19.1. The van der Waals surface area contributed by atoms with Gasteiger partial charge in [-0.15, -0.1) is 0 Å². The number of hydrogen-bond acceptors (Lipinski definition) is 2. The van der Waals surface area contributed by atoms with Crippen LogP contribution in [0, 0.1) is 5.82 Å². The van der Waals surface area contributed by atoms with Gasteiger partial charge in [-0.1, -0.05) is 18.2 Å². The van der Waals surface area contributed by atoms with Gasteiger partial charge in [0.1, 0.15) is 5.82 Å². The Balaban J connectivity index is 1.32. The normalized spacial score (nSPS) is 21.2. The molecular formula is C24H25FN2O. The lowest BCUT2D eigenvalue weighted by Crippen LogP contribution is -2.38. The summed E-state index contributed by atoms with van der Waals surface area (Å²) in [7, 11) is 2.19. The van der Waals surface area contributed by atoms with E-state index in [1.54, 1.807) is 12.1 Å². The maximum atomic E-state index is 13.1. The third-order valence-corrected chi connectivity index (χ3v) is 6.66. The Kier molecular flexibility index (Phi) is 4.31. The summed E-state index contributed by atoms with van der Waals surface area (Å²) in [5.41, 5.74) is 4.94. The zero-order valence-corrected chi connectivity index (χ0v) is 16.2. The second kappa shape index (κ2) is 6.85. The first-order valence-corrected chi connectivity index (χ1v) is 10.2. The molecule has 0 aliphatic carbocycles. The van der Waals surface area contributed by atoms with Gasteiger partial charge in [0.15, 0.2) is 5.78 Å². The number of carbonyl (C=O) groups is 1. The lowest BCUT2D eigenvalue weighted by molar-refractivity contribution is 0.0966. The molecule has 0 saturated carbocycles. The van der Waals surface area contributed by atoms with Gasteiger partial charge in [-0.2, -0.15) is 0 Å². The van der Waals surface area contributed by atoms with Crippen molar-refractivity contribution >= 4 is 16.7 Å². The Labute approximate surface area is 164 Å². The van der Waals surface area contributed by atoms with E-state index in [4.69, 9.17) is 0 Å². The number of nitrogens with zero attached hydrogens (tertiary/aromatic N) is 2. The molecule has 5 rings (SSSR count). The molecule has 0 spiro atoms. The summed E-state index contributed by atoms with van der Waals surface area (Å²) >= 11 is 0. The van der Waals surface area contributed by atoms with E-state index in [9.17, 15) is 9.18 Å². The Morgan fingerprint density at radius 3 is 2.71 bits per heavy atom. The maximum Gasteiger partial charge on any atom is 0.162 e. The standard InChI is InChI=1S/C24H25FN2O/c1-26-20-6-3-2-5-19(20)24-21-13-12-18(15-22(24)26)27(21)14-4-7-23(28)16-8-10-17(25)11-9-16/h2-3,5-6,8-11,18,21H,4,7,12-15H2,1H3. The topological polar surface area (TPSA) is 25.2 Å². The number of benzene rings is 2. The molecule has 2 aliphatic rings. The van der Waals surface area contributed by atoms with E-state index in [1.807, 2.05) is 0 Å². The number of para-hydroxylation sites is 1. The average Bonchev–Trinajstić information content (AvgIpc) is 3.14. The zero-order chi connectivity index (χ0) is 19.3. The molecule has 1 saturated heterocycles. The summed E-state index contributed by atoms with van der Waals surface area (Å²) in [5, 5.41) is 1.39. The fourth-order valence-corrected chi connectivity index (χ4v) is 5.32. The number of aryl methyl sites for hydroxylation is 1. The quantitative estimate of drug-likeness (QED) is 0.583. The van der Waals surface area contributed by atoms with Crippen molar-refractivity contribution in [1.82, 2.24) is 9.47 Å². The molecule has 2 atom stereocenters. The molecule has 144 valence electrons. The monoisotopic (exact) mass is 376 g/mol. The van der Waals surface area contributed by atoms with Crippen molar-refractivity contribution in [2.24, 2.45) is 7.05 Å². The third-order valence-electron chi connectivity index (χ3n) is 6.66. The van der Waals surface area contributed by atoms with Crippen molar-refractivity contribution in [3.05, 3.63) is 71.2 Å². The molecule has 2 aromatic carbocycles. The first-order chi connectivity index (χ1) is 13.6. The SMILES string of the molecule is Cn1c2c(c3ccccc31)C1CCC(C2)N1CCCC(=O)c1ccc(F)cc1. The molecule has 0 N–H and O–H groups in total. The van der Waals surface area contributed by atoms with Gasteiger partial charge >= 0.3 is 0 Å². The van der Waals surface area contributed by atoms with Crippen LogP contribution in [0.1, 0.15) is 53.3 Å². The van der Waals surface area contributed by atoms with Crippen LogP contribution in [0.2, 0.25) is 0 Å². The van der Waals surface area contributed by atoms with Crippen LogP contribution in [0.15, 0.2) is 48.5 Å². The number of ketones is 1. The van der Waals surface area contributed by atoms with Gasteiger partial charge in [0.2, 0.25) is 0 Å². The number of aromatic nitrogens is 1. The van der Waals surface area contributed by atoms with E-state index in [0.29, 0.717) is 24.1 Å². The number of rotatable bonds is 5. The second-order valence-corrected chi connectivity index (χ2v) is 8.16. The average molecular weight is 376 g/mol. The van der Waals surface area contributed by atoms with Crippen LogP contribution in [0.4, 0.5) is 4.39 Å². The highest BCUT2D eigenvalue weighted by Crippen LogP contribution is 2.47. The van der Waals surface area contributed by atoms with Gasteiger partial charge < -0.3 is 4.57 Å². The summed E-state index contributed by atoms with van der Waals surface area (Å²) in [6.07, 6.45) is 4.91. The fourth-order valence-electron chi connectivity index (χ4n) is 5.32. The molecule has 2 bridgehead atoms. The number of Topliss-reactive ketones (excluding diaryl/α,β-unsaturated/α-hetero) is 1. The molecule has 0 radical (unpaired) electrons. The molecule has 1 fully saturated rings. The van der Waals surface area contributed by atoms with Crippen LogP contribution in [0.25, 0.3) is 10.9 Å². The van der Waals surface area contributed by atoms with Crippen molar-refractivity contribution in [3.63, 3.8) is 0 Å².